The number of nitrogens with two attached hydrogens (primary N) is 1. The third-order valence-electron chi connectivity index (χ3n) is 2.50. The molecule has 0 aromatic rings. The van der Waals surface area contributed by atoms with Gasteiger partial charge in [-0.3, -0.25) is 4.79 Å². The summed E-state index contributed by atoms with van der Waals surface area (Å²) in [6.07, 6.45) is 6.74. The van der Waals surface area contributed by atoms with Gasteiger partial charge in [0.15, 0.2) is 0 Å². The Balaban J connectivity index is 0.000000351. The van der Waals surface area contributed by atoms with E-state index in [1.54, 1.807) is 0 Å². The summed E-state index contributed by atoms with van der Waals surface area (Å²) in [6.45, 7) is 0.888. The maximum atomic E-state index is 10.6. The largest absolute Gasteiger partial charge is 0.356 e. The van der Waals surface area contributed by atoms with Crippen molar-refractivity contribution >= 4 is 11.9 Å². The van der Waals surface area contributed by atoms with Crippen LogP contribution in [-0.4, -0.2) is 30.0 Å². The Hall–Kier alpha value is -0.370. The minimum atomic E-state index is -0.104. The predicted octanol–water partition coefficient (Wildman–Crippen LogP) is -2.03. The van der Waals surface area contributed by atoms with Gasteiger partial charge in [0.05, 0.1) is 0 Å². The van der Waals surface area contributed by atoms with Gasteiger partial charge in [0, 0.05) is 13.0 Å². The molecule has 1 saturated heterocycles. The van der Waals surface area contributed by atoms with Crippen molar-refractivity contribution in [3.8, 4) is 0 Å². The summed E-state index contributed by atoms with van der Waals surface area (Å²) >= 11 is -0.0461. The number of rotatable bonds is 6. The minimum absolute atomic E-state index is 0.0461. The number of carbonyl (C=O) groups is 2. The molecule has 1 amide bonds. The third-order valence-corrected chi connectivity index (χ3v) is 3.89. The molecule has 18 heavy (non-hydrogen) atoms. The molecule has 1 heterocycles. The molecule has 0 bridgehead atoms. The van der Waals surface area contributed by atoms with E-state index in [4.69, 9.17) is 3.95 Å². The molecule has 0 unspecified atom stereocenters. The second kappa shape index (κ2) is 13.1. The number of nitrogens with one attached hydrogen (secondary N) is 1. The first-order valence-electron chi connectivity index (χ1n) is 6.32. The predicted molar refractivity (Wildman–Crippen MR) is 66.4 cm³/mol. The molecule has 1 fully saturated rings. The SMILES string of the molecule is COC(=O)CCCCC[I-]N.O=C1CCCCN1. The molecule has 0 aromatic heterocycles. The summed E-state index contributed by atoms with van der Waals surface area (Å²) in [4.78, 5) is 21.0. The Kier molecular flexibility index (Phi) is 12.8. The van der Waals surface area contributed by atoms with Crippen LogP contribution in [0.5, 0.6) is 0 Å². The van der Waals surface area contributed by atoms with Gasteiger partial charge in [-0.15, -0.1) is 0 Å². The van der Waals surface area contributed by atoms with Gasteiger partial charge in [-0.05, 0) is 12.8 Å². The molecule has 1 aliphatic rings. The first kappa shape index (κ1) is 17.6. The summed E-state index contributed by atoms with van der Waals surface area (Å²) in [5, 5.41) is 2.74. The van der Waals surface area contributed by atoms with Crippen molar-refractivity contribution in [2.75, 3.05) is 18.1 Å². The molecule has 0 aliphatic carbocycles. The van der Waals surface area contributed by atoms with Gasteiger partial charge in [-0.1, -0.05) is 0 Å². The van der Waals surface area contributed by atoms with Gasteiger partial charge in [0.25, 0.3) is 0 Å². The number of halogens is 1. The number of amides is 1. The number of piperidine rings is 1. The Labute approximate surface area is 120 Å². The maximum absolute atomic E-state index is 10.6. The fourth-order valence-electron chi connectivity index (χ4n) is 1.45. The average molecular weight is 371 g/mol. The van der Waals surface area contributed by atoms with Crippen LogP contribution in [0, 0.1) is 0 Å². The summed E-state index contributed by atoms with van der Waals surface area (Å²) in [7, 11) is 1.42. The van der Waals surface area contributed by atoms with E-state index < -0.39 is 0 Å². The molecular weight excluding hydrogens is 347 g/mol. The molecule has 6 heteroatoms. The van der Waals surface area contributed by atoms with Crippen molar-refractivity contribution in [3.05, 3.63) is 0 Å². The smallest absolute Gasteiger partial charge is 0.219 e. The molecule has 3 N–H and O–H groups in total. The first-order chi connectivity index (χ1) is 8.70. The van der Waals surface area contributed by atoms with Crippen LogP contribution in [0.3, 0.4) is 0 Å². The number of hydrogen-bond donors (Lipinski definition) is 2. The van der Waals surface area contributed by atoms with E-state index in [2.05, 4.69) is 10.1 Å². The van der Waals surface area contributed by atoms with Crippen molar-refractivity contribution in [2.45, 2.75) is 44.9 Å². The first-order valence-corrected chi connectivity index (χ1v) is 9.09. The van der Waals surface area contributed by atoms with Crippen LogP contribution in [0.4, 0.5) is 0 Å². The van der Waals surface area contributed by atoms with Crippen LogP contribution in [0.15, 0.2) is 0 Å². The zero-order chi connectivity index (χ0) is 13.6. The Morgan fingerprint density at radius 1 is 1.39 bits per heavy atom. The van der Waals surface area contributed by atoms with E-state index in [1.807, 2.05) is 0 Å². The fraction of sp³-hybridized carbons (Fsp3) is 0.833. The number of hydrogen-bond acceptors (Lipinski definition) is 4. The maximum Gasteiger partial charge on any atom is 0.219 e. The van der Waals surface area contributed by atoms with Gasteiger partial charge in [0.1, 0.15) is 0 Å². The van der Waals surface area contributed by atoms with Crippen LogP contribution >= 0.6 is 0 Å². The van der Waals surface area contributed by atoms with E-state index in [1.165, 1.54) is 18.0 Å². The Morgan fingerprint density at radius 2 is 2.17 bits per heavy atom. The standard InChI is InChI=1S/C7H15INO2.C5H9NO/c1-11-7(10)5-3-2-4-6-8-9;7-5-3-1-2-4-6-5/h2-6,9H2,1H3;1-4H2,(H,6,7)/q-1;. The molecule has 0 saturated carbocycles. The van der Waals surface area contributed by atoms with E-state index >= 15 is 0 Å². The second-order valence-electron chi connectivity index (χ2n) is 4.04. The molecule has 0 atom stereocenters. The summed E-state index contributed by atoms with van der Waals surface area (Å²) in [5.74, 6) is 0.110. The number of carbonyl (C=O) groups excluding carboxylic acids is 2. The average Bonchev–Trinajstić information content (AvgIpc) is 2.40. The van der Waals surface area contributed by atoms with Gasteiger partial charge >= 0.3 is 78.1 Å². The molecule has 5 nitrogen and oxygen atoms in total. The monoisotopic (exact) mass is 371 g/mol. The molecule has 108 valence electrons. The number of esters is 1. The van der Waals surface area contributed by atoms with Crippen molar-refractivity contribution in [1.29, 1.82) is 0 Å². The molecular formula is C12H24IN2O3-. The number of ether oxygens (including phenoxy) is 1. The van der Waals surface area contributed by atoms with Gasteiger partial charge in [-0.2, -0.15) is 0 Å². The van der Waals surface area contributed by atoms with Gasteiger partial charge < -0.3 is 5.32 Å². The van der Waals surface area contributed by atoms with Crippen molar-refractivity contribution in [1.82, 2.24) is 5.32 Å². The number of alkyl halides is 1. The summed E-state index contributed by atoms with van der Waals surface area (Å²) in [5.41, 5.74) is 0. The summed E-state index contributed by atoms with van der Waals surface area (Å²) in [6, 6.07) is 0. The third kappa shape index (κ3) is 12.1. The van der Waals surface area contributed by atoms with Crippen LogP contribution < -0.4 is 30.7 Å². The molecule has 0 aromatic carbocycles. The van der Waals surface area contributed by atoms with Crippen LogP contribution in [0.1, 0.15) is 44.9 Å². The van der Waals surface area contributed by atoms with Crippen LogP contribution in [-0.2, 0) is 14.3 Å². The summed E-state index contributed by atoms with van der Waals surface area (Å²) < 4.78 is 11.1. The Morgan fingerprint density at radius 3 is 2.61 bits per heavy atom. The van der Waals surface area contributed by atoms with Gasteiger partial charge in [-0.25, -0.2) is 0 Å². The van der Waals surface area contributed by atoms with E-state index in [-0.39, 0.29) is 33.4 Å². The normalized spacial score (nSPS) is 14.4. The van der Waals surface area contributed by atoms with Crippen molar-refractivity contribution in [2.24, 2.45) is 3.95 Å². The van der Waals surface area contributed by atoms with E-state index in [9.17, 15) is 9.59 Å². The van der Waals surface area contributed by atoms with Crippen LogP contribution in [0.25, 0.3) is 0 Å². The fourth-order valence-corrected chi connectivity index (χ4v) is 2.43. The van der Waals surface area contributed by atoms with E-state index in [0.29, 0.717) is 6.42 Å². The van der Waals surface area contributed by atoms with Gasteiger partial charge in [0.2, 0.25) is 5.91 Å². The van der Waals surface area contributed by atoms with E-state index in [0.717, 1.165) is 38.6 Å². The number of unbranched alkanes of at least 4 members (excludes halogenated alkanes) is 2. The molecule has 1 rings (SSSR count). The topological polar surface area (TPSA) is 81.4 Å². The molecule has 0 spiro atoms. The zero-order valence-corrected chi connectivity index (χ0v) is 13.2. The second-order valence-corrected chi connectivity index (χ2v) is 6.00. The molecule has 1 aliphatic heterocycles. The van der Waals surface area contributed by atoms with Crippen LogP contribution in [0.2, 0.25) is 0 Å². The number of methoxy groups -OCH3 is 1. The minimum Gasteiger partial charge on any atom is -0.356 e. The molecule has 0 radical (unpaired) electrons. The Bertz CT molecular complexity index is 229. The quantitative estimate of drug-likeness (QED) is 0.186. The van der Waals surface area contributed by atoms with Crippen molar-refractivity contribution in [3.63, 3.8) is 0 Å². The zero-order valence-electron chi connectivity index (χ0n) is 11.0. The van der Waals surface area contributed by atoms with Crippen molar-refractivity contribution < 1.29 is 35.8 Å².